The number of hydrogen-bond donors (Lipinski definition) is 0. The van der Waals surface area contributed by atoms with E-state index < -0.39 is 5.60 Å². The number of anilines is 1. The number of hydrogen-bond acceptors (Lipinski definition) is 4. The van der Waals surface area contributed by atoms with Crippen LogP contribution in [0.15, 0.2) is 24.4 Å². The molecule has 0 spiro atoms. The normalized spacial score (nSPS) is 18.9. The molecule has 1 atom stereocenters. The van der Waals surface area contributed by atoms with Crippen LogP contribution in [0.25, 0.3) is 0 Å². The molecule has 0 radical (unpaired) electrons. The van der Waals surface area contributed by atoms with Crippen LogP contribution in [0.2, 0.25) is 0 Å². The number of carbonyl (C=O) groups excluding carboxylic acids is 1. The Morgan fingerprint density at radius 1 is 1.45 bits per heavy atom. The molecule has 0 saturated carbocycles. The summed E-state index contributed by atoms with van der Waals surface area (Å²) in [5, 5.41) is 0. The summed E-state index contributed by atoms with van der Waals surface area (Å²) < 4.78 is 5.48. The SMILES string of the molecule is CN(C[C@@H]1CCCN(C(=O)OC(C)(C)C)C1)c1ccccn1. The lowest BCUT2D eigenvalue weighted by Crippen LogP contribution is -2.45. The summed E-state index contributed by atoms with van der Waals surface area (Å²) >= 11 is 0. The van der Waals surface area contributed by atoms with Crippen LogP contribution in [0.5, 0.6) is 0 Å². The highest BCUT2D eigenvalue weighted by Gasteiger charge is 2.28. The van der Waals surface area contributed by atoms with E-state index in [2.05, 4.69) is 16.9 Å². The Labute approximate surface area is 133 Å². The first-order chi connectivity index (χ1) is 10.3. The molecule has 0 unspecified atom stereocenters. The summed E-state index contributed by atoms with van der Waals surface area (Å²) in [6.45, 7) is 8.16. The average Bonchev–Trinajstić information content (AvgIpc) is 2.46. The molecule has 0 bridgehead atoms. The van der Waals surface area contributed by atoms with Crippen LogP contribution in [0, 0.1) is 5.92 Å². The van der Waals surface area contributed by atoms with Gasteiger partial charge in [0.2, 0.25) is 0 Å². The molecule has 5 heteroatoms. The minimum Gasteiger partial charge on any atom is -0.444 e. The Morgan fingerprint density at radius 2 is 2.23 bits per heavy atom. The van der Waals surface area contributed by atoms with E-state index in [4.69, 9.17) is 4.74 Å². The van der Waals surface area contributed by atoms with Crippen molar-refractivity contribution < 1.29 is 9.53 Å². The first-order valence-electron chi connectivity index (χ1n) is 7.95. The summed E-state index contributed by atoms with van der Waals surface area (Å²) in [5.74, 6) is 1.42. The van der Waals surface area contributed by atoms with Crippen molar-refractivity contribution in [2.24, 2.45) is 5.92 Å². The van der Waals surface area contributed by atoms with E-state index in [-0.39, 0.29) is 6.09 Å². The predicted molar refractivity (Wildman–Crippen MR) is 88.0 cm³/mol. The van der Waals surface area contributed by atoms with Gasteiger partial charge in [0.05, 0.1) is 0 Å². The van der Waals surface area contributed by atoms with Gasteiger partial charge in [-0.1, -0.05) is 6.07 Å². The van der Waals surface area contributed by atoms with Gasteiger partial charge in [0.1, 0.15) is 11.4 Å². The van der Waals surface area contributed by atoms with Crippen LogP contribution in [0.4, 0.5) is 10.6 Å². The Hall–Kier alpha value is -1.78. The van der Waals surface area contributed by atoms with E-state index in [9.17, 15) is 4.79 Å². The lowest BCUT2D eigenvalue weighted by molar-refractivity contribution is 0.0170. The van der Waals surface area contributed by atoms with Crippen LogP contribution in [0.3, 0.4) is 0 Å². The van der Waals surface area contributed by atoms with E-state index in [1.165, 1.54) is 0 Å². The maximum atomic E-state index is 12.2. The lowest BCUT2D eigenvalue weighted by atomic mass is 9.98. The van der Waals surface area contributed by atoms with Crippen molar-refractivity contribution in [1.82, 2.24) is 9.88 Å². The summed E-state index contributed by atoms with van der Waals surface area (Å²) in [7, 11) is 2.05. The summed E-state index contributed by atoms with van der Waals surface area (Å²) in [6.07, 6.45) is 3.77. The lowest BCUT2D eigenvalue weighted by Gasteiger charge is -2.35. The van der Waals surface area contributed by atoms with Crippen LogP contribution < -0.4 is 4.90 Å². The third-order valence-corrected chi connectivity index (χ3v) is 3.74. The minimum atomic E-state index is -0.436. The van der Waals surface area contributed by atoms with Crippen molar-refractivity contribution in [3.05, 3.63) is 24.4 Å². The summed E-state index contributed by atoms with van der Waals surface area (Å²) in [6, 6.07) is 5.92. The van der Waals surface area contributed by atoms with E-state index >= 15 is 0 Å². The van der Waals surface area contributed by atoms with Gasteiger partial charge in [0, 0.05) is 32.9 Å². The number of ether oxygens (including phenoxy) is 1. The fourth-order valence-electron chi connectivity index (χ4n) is 2.77. The molecule has 0 aliphatic carbocycles. The zero-order chi connectivity index (χ0) is 16.2. The third kappa shape index (κ3) is 4.90. The molecule has 1 amide bonds. The molecule has 1 fully saturated rings. The zero-order valence-electron chi connectivity index (χ0n) is 14.1. The molecule has 122 valence electrons. The first kappa shape index (κ1) is 16.6. The van der Waals surface area contributed by atoms with Gasteiger partial charge in [-0.2, -0.15) is 0 Å². The molecule has 22 heavy (non-hydrogen) atoms. The Balaban J connectivity index is 1.89. The second kappa shape index (κ2) is 6.99. The molecular formula is C17H27N3O2. The van der Waals surface area contributed by atoms with Gasteiger partial charge in [-0.15, -0.1) is 0 Å². The molecule has 0 N–H and O–H groups in total. The fourth-order valence-corrected chi connectivity index (χ4v) is 2.77. The van der Waals surface area contributed by atoms with Crippen molar-refractivity contribution >= 4 is 11.9 Å². The van der Waals surface area contributed by atoms with Gasteiger partial charge in [-0.25, -0.2) is 9.78 Å². The fraction of sp³-hybridized carbons (Fsp3) is 0.647. The summed E-state index contributed by atoms with van der Waals surface area (Å²) in [4.78, 5) is 20.6. The predicted octanol–water partition coefficient (Wildman–Crippen LogP) is 3.16. The number of rotatable bonds is 3. The Morgan fingerprint density at radius 3 is 2.86 bits per heavy atom. The number of nitrogens with zero attached hydrogens (tertiary/aromatic N) is 3. The molecule has 1 aromatic heterocycles. The minimum absolute atomic E-state index is 0.197. The number of piperidine rings is 1. The van der Waals surface area contributed by atoms with E-state index in [1.54, 1.807) is 6.20 Å². The van der Waals surface area contributed by atoms with Crippen molar-refractivity contribution in [2.45, 2.75) is 39.2 Å². The van der Waals surface area contributed by atoms with Crippen molar-refractivity contribution in [3.8, 4) is 0 Å². The Kier molecular flexibility index (Phi) is 5.27. The second-order valence-electron chi connectivity index (χ2n) is 7.00. The molecule has 1 aliphatic heterocycles. The molecule has 0 aromatic carbocycles. The first-order valence-corrected chi connectivity index (χ1v) is 7.95. The highest BCUT2D eigenvalue weighted by Crippen LogP contribution is 2.21. The van der Waals surface area contributed by atoms with Gasteiger partial charge in [-0.05, 0) is 51.7 Å². The highest BCUT2D eigenvalue weighted by molar-refractivity contribution is 5.68. The highest BCUT2D eigenvalue weighted by atomic mass is 16.6. The zero-order valence-corrected chi connectivity index (χ0v) is 14.1. The van der Waals surface area contributed by atoms with E-state index in [0.29, 0.717) is 5.92 Å². The van der Waals surface area contributed by atoms with Crippen LogP contribution >= 0.6 is 0 Å². The summed E-state index contributed by atoms with van der Waals surface area (Å²) in [5.41, 5.74) is -0.436. The standard InChI is InChI=1S/C17H27N3O2/c1-17(2,3)22-16(21)20-11-7-8-14(13-20)12-19(4)15-9-5-6-10-18-15/h5-6,9-10,14H,7-8,11-13H2,1-4H3/t14-/m0/s1. The maximum Gasteiger partial charge on any atom is 0.410 e. The van der Waals surface area contributed by atoms with E-state index in [0.717, 1.165) is 38.3 Å². The van der Waals surface area contributed by atoms with Gasteiger partial charge in [0.15, 0.2) is 0 Å². The number of likely N-dealkylation sites (tertiary alicyclic amines) is 1. The number of amides is 1. The van der Waals surface area contributed by atoms with Gasteiger partial charge in [-0.3, -0.25) is 0 Å². The molecule has 1 aromatic rings. The third-order valence-electron chi connectivity index (χ3n) is 3.74. The molecule has 2 heterocycles. The average molecular weight is 305 g/mol. The number of pyridine rings is 1. The van der Waals surface area contributed by atoms with Crippen LogP contribution in [-0.2, 0) is 4.74 Å². The monoisotopic (exact) mass is 305 g/mol. The molecule has 1 saturated heterocycles. The quantitative estimate of drug-likeness (QED) is 0.860. The van der Waals surface area contributed by atoms with Crippen molar-refractivity contribution in [2.75, 3.05) is 31.6 Å². The number of aromatic nitrogens is 1. The smallest absolute Gasteiger partial charge is 0.410 e. The Bertz CT molecular complexity index is 484. The van der Waals surface area contributed by atoms with E-state index in [1.807, 2.05) is 43.9 Å². The van der Waals surface area contributed by atoms with Crippen LogP contribution in [-0.4, -0.2) is 48.3 Å². The van der Waals surface area contributed by atoms with Gasteiger partial charge in [0.25, 0.3) is 0 Å². The molecule has 2 rings (SSSR count). The maximum absolute atomic E-state index is 12.2. The second-order valence-corrected chi connectivity index (χ2v) is 7.00. The molecular weight excluding hydrogens is 278 g/mol. The molecule has 5 nitrogen and oxygen atoms in total. The van der Waals surface area contributed by atoms with Crippen molar-refractivity contribution in [1.29, 1.82) is 0 Å². The van der Waals surface area contributed by atoms with Gasteiger partial charge >= 0.3 is 6.09 Å². The topological polar surface area (TPSA) is 45.7 Å². The van der Waals surface area contributed by atoms with Gasteiger partial charge < -0.3 is 14.5 Å². The molecule has 1 aliphatic rings. The number of carbonyl (C=O) groups is 1. The van der Waals surface area contributed by atoms with Crippen LogP contribution in [0.1, 0.15) is 33.6 Å². The van der Waals surface area contributed by atoms with Crippen molar-refractivity contribution in [3.63, 3.8) is 0 Å². The largest absolute Gasteiger partial charge is 0.444 e.